The average Bonchev–Trinajstić information content (AvgIpc) is 1.85. The molecule has 0 radical (unpaired) electrons. The molecule has 0 amide bonds. The summed E-state index contributed by atoms with van der Waals surface area (Å²) in [6, 6.07) is 0. The highest BCUT2D eigenvalue weighted by Gasteiger charge is 2.39. The third kappa shape index (κ3) is 1.26. The van der Waals surface area contributed by atoms with Crippen LogP contribution in [0.5, 0.6) is 0 Å². The van der Waals surface area contributed by atoms with Crippen LogP contribution in [0.4, 0.5) is 0 Å². The molecule has 1 aliphatic rings. The van der Waals surface area contributed by atoms with Crippen LogP contribution in [0.25, 0.3) is 0 Å². The van der Waals surface area contributed by atoms with Gasteiger partial charge in [-0.05, 0) is 0 Å². The number of hydrogen-bond acceptors (Lipinski definition) is 3. The summed E-state index contributed by atoms with van der Waals surface area (Å²) in [5, 5.41) is 7.41. The van der Waals surface area contributed by atoms with Gasteiger partial charge in [-0.3, -0.25) is 0 Å². The molecule has 0 bridgehead atoms. The molecule has 1 unspecified atom stereocenters. The van der Waals surface area contributed by atoms with E-state index < -0.39 is 21.2 Å². The van der Waals surface area contributed by atoms with Gasteiger partial charge in [0.25, 0.3) is 0 Å². The second-order valence-corrected chi connectivity index (χ2v) is 4.16. The molecule has 1 fully saturated rings. The lowest BCUT2D eigenvalue weighted by Gasteiger charge is -2.26. The monoisotopic (exact) mass is 177 g/mol. The standard InChI is InChI=1S/C5H7NO4S/c1-3(5(7)8)4-2-6-11(4,9)10/h4,6H,1-2H2,(H,7,8). The Bertz CT molecular complexity index is 304. The van der Waals surface area contributed by atoms with Gasteiger partial charge in [-0.25, -0.2) is 17.9 Å². The zero-order valence-corrected chi connectivity index (χ0v) is 6.39. The topological polar surface area (TPSA) is 83.5 Å². The van der Waals surface area contributed by atoms with Gasteiger partial charge in [-0.2, -0.15) is 0 Å². The lowest BCUT2D eigenvalue weighted by Crippen LogP contribution is -2.54. The van der Waals surface area contributed by atoms with Gasteiger partial charge in [0, 0.05) is 6.54 Å². The maximum atomic E-state index is 10.7. The summed E-state index contributed by atoms with van der Waals surface area (Å²) in [5.74, 6) is -1.26. The highest BCUT2D eigenvalue weighted by atomic mass is 32.2. The molecule has 1 aliphatic heterocycles. The molecule has 11 heavy (non-hydrogen) atoms. The number of aliphatic carboxylic acids is 1. The summed E-state index contributed by atoms with van der Waals surface area (Å²) in [5.41, 5.74) is -0.274. The lowest BCUT2D eigenvalue weighted by molar-refractivity contribution is -0.132. The number of sulfonamides is 1. The van der Waals surface area contributed by atoms with Gasteiger partial charge in [0.05, 0.1) is 5.57 Å². The maximum absolute atomic E-state index is 10.7. The second-order valence-electron chi connectivity index (χ2n) is 2.21. The first-order chi connectivity index (χ1) is 4.95. The first kappa shape index (κ1) is 8.22. The molecule has 0 saturated carbocycles. The van der Waals surface area contributed by atoms with Crippen molar-refractivity contribution in [3.8, 4) is 0 Å². The van der Waals surface area contributed by atoms with Crippen LogP contribution in [0.15, 0.2) is 12.2 Å². The predicted octanol–water partition coefficient (Wildman–Crippen LogP) is -1.07. The Hall–Kier alpha value is -0.880. The van der Waals surface area contributed by atoms with Gasteiger partial charge in [0.2, 0.25) is 10.0 Å². The van der Waals surface area contributed by atoms with Crippen LogP contribution in [0.1, 0.15) is 0 Å². The molecule has 62 valence electrons. The van der Waals surface area contributed by atoms with Crippen LogP contribution in [0, 0.1) is 0 Å². The molecule has 1 heterocycles. The van der Waals surface area contributed by atoms with Crippen molar-refractivity contribution < 1.29 is 18.3 Å². The van der Waals surface area contributed by atoms with E-state index in [1.807, 2.05) is 0 Å². The van der Waals surface area contributed by atoms with Crippen molar-refractivity contribution in [2.24, 2.45) is 0 Å². The summed E-state index contributed by atoms with van der Waals surface area (Å²) >= 11 is 0. The Labute approximate surface area is 63.8 Å². The zero-order chi connectivity index (χ0) is 8.65. The first-order valence-corrected chi connectivity index (χ1v) is 4.40. The SMILES string of the molecule is C=C(C(=O)O)C1CNS1(=O)=O. The Morgan fingerprint density at radius 1 is 1.64 bits per heavy atom. The molecule has 1 rings (SSSR count). The van der Waals surface area contributed by atoms with Crippen LogP contribution in [-0.2, 0) is 14.8 Å². The fourth-order valence-electron chi connectivity index (χ4n) is 0.751. The summed E-state index contributed by atoms with van der Waals surface area (Å²) in [7, 11) is -3.40. The van der Waals surface area contributed by atoms with Gasteiger partial charge < -0.3 is 5.11 Å². The van der Waals surface area contributed by atoms with E-state index in [-0.39, 0.29) is 12.1 Å². The third-order valence-corrected chi connectivity index (χ3v) is 3.28. The molecule has 0 aliphatic carbocycles. The van der Waals surface area contributed by atoms with Crippen molar-refractivity contribution in [1.29, 1.82) is 0 Å². The highest BCUT2D eigenvalue weighted by molar-refractivity contribution is 7.91. The van der Waals surface area contributed by atoms with Gasteiger partial charge in [0.1, 0.15) is 5.25 Å². The summed E-state index contributed by atoms with van der Waals surface area (Å²) in [6.45, 7) is 3.30. The maximum Gasteiger partial charge on any atom is 0.332 e. The van der Waals surface area contributed by atoms with E-state index in [1.54, 1.807) is 0 Å². The third-order valence-electron chi connectivity index (χ3n) is 1.51. The van der Waals surface area contributed by atoms with Crippen molar-refractivity contribution in [2.75, 3.05) is 6.54 Å². The molecule has 1 saturated heterocycles. The van der Waals surface area contributed by atoms with E-state index in [1.165, 1.54) is 0 Å². The predicted molar refractivity (Wildman–Crippen MR) is 37.5 cm³/mol. The van der Waals surface area contributed by atoms with Gasteiger partial charge in [-0.15, -0.1) is 0 Å². The molecular weight excluding hydrogens is 170 g/mol. The molecule has 6 heteroatoms. The number of carboxylic acids is 1. The van der Waals surface area contributed by atoms with Gasteiger partial charge in [-0.1, -0.05) is 6.58 Å². The van der Waals surface area contributed by atoms with Crippen LogP contribution < -0.4 is 4.72 Å². The highest BCUT2D eigenvalue weighted by Crippen LogP contribution is 2.16. The summed E-state index contributed by atoms with van der Waals surface area (Å²) in [4.78, 5) is 10.2. The Balaban J connectivity index is 2.80. The molecule has 0 spiro atoms. The van der Waals surface area contributed by atoms with Crippen LogP contribution in [0.3, 0.4) is 0 Å². The molecule has 0 aromatic heterocycles. The minimum atomic E-state index is -3.40. The average molecular weight is 177 g/mol. The van der Waals surface area contributed by atoms with Crippen LogP contribution >= 0.6 is 0 Å². The number of carboxylic acid groups (broad SMARTS) is 1. The van der Waals surface area contributed by atoms with E-state index in [0.29, 0.717) is 0 Å². The zero-order valence-electron chi connectivity index (χ0n) is 5.57. The van der Waals surface area contributed by atoms with Crippen molar-refractivity contribution in [1.82, 2.24) is 4.72 Å². The second kappa shape index (κ2) is 2.31. The number of carbonyl (C=O) groups is 1. The minimum Gasteiger partial charge on any atom is -0.478 e. The summed E-state index contributed by atoms with van der Waals surface area (Å²) < 4.78 is 23.6. The summed E-state index contributed by atoms with van der Waals surface area (Å²) in [6.07, 6.45) is 0. The molecule has 1 atom stereocenters. The van der Waals surface area contributed by atoms with Gasteiger partial charge in [0.15, 0.2) is 0 Å². The van der Waals surface area contributed by atoms with Crippen molar-refractivity contribution in [3.63, 3.8) is 0 Å². The van der Waals surface area contributed by atoms with Gasteiger partial charge >= 0.3 is 5.97 Å². The normalized spacial score (nSPS) is 27.1. The lowest BCUT2D eigenvalue weighted by atomic mass is 10.2. The Kier molecular flexibility index (Phi) is 1.73. The van der Waals surface area contributed by atoms with Crippen molar-refractivity contribution in [2.45, 2.75) is 5.25 Å². The van der Waals surface area contributed by atoms with Crippen molar-refractivity contribution in [3.05, 3.63) is 12.2 Å². The first-order valence-electron chi connectivity index (χ1n) is 2.85. The molecule has 2 N–H and O–H groups in total. The van der Waals surface area contributed by atoms with E-state index in [9.17, 15) is 13.2 Å². The number of nitrogens with one attached hydrogen (secondary N) is 1. The fourth-order valence-corrected chi connectivity index (χ4v) is 1.83. The van der Waals surface area contributed by atoms with Crippen LogP contribution in [0.2, 0.25) is 0 Å². The van der Waals surface area contributed by atoms with Crippen molar-refractivity contribution >= 4 is 16.0 Å². The minimum absolute atomic E-state index is 0.146. The molecule has 5 nitrogen and oxygen atoms in total. The Morgan fingerprint density at radius 2 is 2.18 bits per heavy atom. The molecule has 0 aromatic rings. The van der Waals surface area contributed by atoms with E-state index in [0.717, 1.165) is 0 Å². The largest absolute Gasteiger partial charge is 0.478 e. The molecule has 0 aromatic carbocycles. The smallest absolute Gasteiger partial charge is 0.332 e. The number of hydrogen-bond donors (Lipinski definition) is 2. The van der Waals surface area contributed by atoms with E-state index in [2.05, 4.69) is 11.3 Å². The van der Waals surface area contributed by atoms with E-state index >= 15 is 0 Å². The number of rotatable bonds is 2. The van der Waals surface area contributed by atoms with E-state index in [4.69, 9.17) is 5.11 Å². The Morgan fingerprint density at radius 3 is 2.27 bits per heavy atom. The van der Waals surface area contributed by atoms with Crippen LogP contribution in [-0.4, -0.2) is 31.3 Å². The quantitative estimate of drug-likeness (QED) is 0.526. The molecular formula is C5H7NO4S. The fraction of sp³-hybridized carbons (Fsp3) is 0.400.